The van der Waals surface area contributed by atoms with Crippen molar-refractivity contribution in [1.29, 1.82) is 0 Å². The number of Topliss-reactive ketones (excluding diaryl/α,β-unsaturated/α-hetero) is 1. The zero-order valence-electron chi connectivity index (χ0n) is 14.8. The van der Waals surface area contributed by atoms with Crippen molar-refractivity contribution in [3.05, 3.63) is 12.2 Å². The first-order valence-electron chi connectivity index (χ1n) is 9.66. The number of carbonyl (C=O) groups is 1. The number of ether oxygens (including phenoxy) is 2. The second kappa shape index (κ2) is 4.06. The number of fused-ring (bicyclic) bond motifs is 1. The Hall–Kier alpha value is -0.750. The molecule has 25 heavy (non-hydrogen) atoms. The highest BCUT2D eigenvalue weighted by Gasteiger charge is 2.86. The van der Waals surface area contributed by atoms with E-state index < -0.39 is 17.6 Å². The summed E-state index contributed by atoms with van der Waals surface area (Å²) in [5.74, 6) is -0.287. The molecule has 0 radical (unpaired) electrons. The first-order valence-corrected chi connectivity index (χ1v) is 9.66. The van der Waals surface area contributed by atoms with Crippen LogP contribution >= 0.6 is 0 Å². The molecule has 5 heteroatoms. The lowest BCUT2D eigenvalue weighted by Crippen LogP contribution is -2.78. The van der Waals surface area contributed by atoms with E-state index in [1.165, 1.54) is 0 Å². The van der Waals surface area contributed by atoms with Crippen molar-refractivity contribution in [3.8, 4) is 0 Å². The van der Waals surface area contributed by atoms with Crippen LogP contribution in [-0.2, 0) is 14.3 Å². The van der Waals surface area contributed by atoms with Gasteiger partial charge in [0.05, 0.1) is 29.1 Å². The van der Waals surface area contributed by atoms with Crippen molar-refractivity contribution in [2.24, 2.45) is 34.0 Å². The predicted molar refractivity (Wildman–Crippen MR) is 87.3 cm³/mol. The molecule has 2 heterocycles. The lowest BCUT2D eigenvalue weighted by Gasteiger charge is -2.70. The molecule has 10 atom stereocenters. The highest BCUT2D eigenvalue weighted by molar-refractivity contribution is 5.93. The molecule has 0 aromatic heterocycles. The first-order chi connectivity index (χ1) is 11.8. The molecule has 2 spiro atoms. The van der Waals surface area contributed by atoms with E-state index in [4.69, 9.17) is 9.47 Å². The number of carbonyl (C=O) groups excluding carboxylic acids is 1. The second-order valence-corrected chi connectivity index (χ2v) is 10.1. The van der Waals surface area contributed by atoms with Gasteiger partial charge in [0.1, 0.15) is 6.10 Å². The minimum absolute atomic E-state index is 0.0303. The Morgan fingerprint density at radius 3 is 2.72 bits per heavy atom. The number of rotatable bonds is 0. The van der Waals surface area contributed by atoms with Crippen molar-refractivity contribution in [3.63, 3.8) is 0 Å². The molecule has 5 nitrogen and oxygen atoms in total. The van der Waals surface area contributed by atoms with Crippen LogP contribution in [0.5, 0.6) is 0 Å². The summed E-state index contributed by atoms with van der Waals surface area (Å²) < 4.78 is 12.4. The number of hydrogen-bond donors (Lipinski definition) is 2. The Kier molecular flexibility index (Phi) is 2.49. The summed E-state index contributed by atoms with van der Waals surface area (Å²) >= 11 is 0. The topological polar surface area (TPSA) is 76.0 Å². The maximum Gasteiger partial charge on any atom is 0.171 e. The molecule has 2 saturated heterocycles. The average Bonchev–Trinajstić information content (AvgIpc) is 2.89. The standard InChI is InChI=1S/C20H26O5/c1-8-9-6-10-13-19(7-9,15(8)22)16(23)12(21)14-18(2,3)5-4-11-20(13,14)17(24-10)25-11/h9-15,17,21-22H,1,4-7H2,2-3H3/t9?,10?,11-,12-,13?,14+,15+,17+,19-,20+/m0/s1. The van der Waals surface area contributed by atoms with Crippen LogP contribution in [0, 0.1) is 34.0 Å². The van der Waals surface area contributed by atoms with Gasteiger partial charge in [-0.3, -0.25) is 4.79 Å². The van der Waals surface area contributed by atoms with Crippen molar-refractivity contribution in [1.82, 2.24) is 0 Å². The molecule has 136 valence electrons. The van der Waals surface area contributed by atoms with E-state index >= 15 is 0 Å². The van der Waals surface area contributed by atoms with Crippen LogP contribution in [0.3, 0.4) is 0 Å². The molecule has 4 saturated carbocycles. The number of aliphatic hydroxyl groups is 2. The predicted octanol–water partition coefficient (Wildman–Crippen LogP) is 1.42. The van der Waals surface area contributed by atoms with E-state index in [0.29, 0.717) is 6.42 Å². The Labute approximate surface area is 147 Å². The van der Waals surface area contributed by atoms with Crippen LogP contribution in [-0.4, -0.2) is 46.7 Å². The first kappa shape index (κ1) is 15.3. The van der Waals surface area contributed by atoms with Gasteiger partial charge in [0, 0.05) is 11.8 Å². The minimum atomic E-state index is -1.05. The lowest BCUT2D eigenvalue weighted by molar-refractivity contribution is -0.382. The minimum Gasteiger partial charge on any atom is -0.388 e. The van der Waals surface area contributed by atoms with Gasteiger partial charge in [-0.25, -0.2) is 0 Å². The fourth-order valence-electron chi connectivity index (χ4n) is 8.22. The zero-order chi connectivity index (χ0) is 17.5. The number of ketones is 1. The second-order valence-electron chi connectivity index (χ2n) is 10.1. The van der Waals surface area contributed by atoms with Gasteiger partial charge in [0.2, 0.25) is 0 Å². The van der Waals surface area contributed by atoms with Crippen LogP contribution in [0.1, 0.15) is 39.5 Å². The smallest absolute Gasteiger partial charge is 0.171 e. The van der Waals surface area contributed by atoms with Gasteiger partial charge in [0.25, 0.3) is 0 Å². The Balaban J connectivity index is 1.63. The maximum absolute atomic E-state index is 13.5. The Morgan fingerprint density at radius 2 is 1.96 bits per heavy atom. The molecule has 4 aliphatic carbocycles. The molecule has 6 fully saturated rings. The van der Waals surface area contributed by atoms with E-state index in [1.54, 1.807) is 0 Å². The van der Waals surface area contributed by atoms with Crippen LogP contribution in [0.15, 0.2) is 12.2 Å². The van der Waals surface area contributed by atoms with Crippen LogP contribution in [0.4, 0.5) is 0 Å². The van der Waals surface area contributed by atoms with E-state index in [2.05, 4.69) is 20.4 Å². The molecule has 0 aromatic rings. The Bertz CT molecular complexity index is 715. The van der Waals surface area contributed by atoms with E-state index in [9.17, 15) is 15.0 Å². The monoisotopic (exact) mass is 346 g/mol. The van der Waals surface area contributed by atoms with Crippen molar-refractivity contribution >= 4 is 5.78 Å². The Morgan fingerprint density at radius 1 is 1.20 bits per heavy atom. The highest BCUT2D eigenvalue weighted by atomic mass is 16.7. The molecule has 6 rings (SSSR count). The summed E-state index contributed by atoms with van der Waals surface area (Å²) in [5.41, 5.74) is -0.650. The molecule has 2 N–H and O–H groups in total. The maximum atomic E-state index is 13.5. The molecular formula is C20H26O5. The van der Waals surface area contributed by atoms with E-state index in [0.717, 1.165) is 24.8 Å². The summed E-state index contributed by atoms with van der Waals surface area (Å²) in [6, 6.07) is 0. The lowest BCUT2D eigenvalue weighted by atomic mass is 9.37. The highest BCUT2D eigenvalue weighted by Crippen LogP contribution is 2.78. The SMILES string of the molecule is C=C1C2CC3O[C@@H]4O[C@H]5CCC(C)(C)[C@H]6[C@H](O)C(=O)[C@@](C2)(C3[C@]456)[C@@H]1O. The van der Waals surface area contributed by atoms with Gasteiger partial charge in [-0.1, -0.05) is 20.4 Å². The van der Waals surface area contributed by atoms with Gasteiger partial charge < -0.3 is 19.7 Å². The van der Waals surface area contributed by atoms with E-state index in [-0.39, 0.29) is 52.9 Å². The fraction of sp³-hybridized carbons (Fsp3) is 0.850. The summed E-state index contributed by atoms with van der Waals surface area (Å²) in [6.45, 7) is 8.42. The molecule has 2 aliphatic heterocycles. The molecule has 6 aliphatic rings. The third kappa shape index (κ3) is 1.29. The normalized spacial score (nSPS) is 63.0. The average molecular weight is 346 g/mol. The van der Waals surface area contributed by atoms with Crippen molar-refractivity contribution in [2.45, 2.75) is 70.2 Å². The van der Waals surface area contributed by atoms with Gasteiger partial charge in [0.15, 0.2) is 12.1 Å². The zero-order valence-corrected chi connectivity index (χ0v) is 14.8. The van der Waals surface area contributed by atoms with Gasteiger partial charge in [-0.05, 0) is 42.6 Å². The number of hydrogen-bond acceptors (Lipinski definition) is 5. The molecule has 3 unspecified atom stereocenters. The van der Waals surface area contributed by atoms with E-state index in [1.807, 2.05) is 0 Å². The third-order valence-electron chi connectivity index (χ3n) is 8.96. The van der Waals surface area contributed by atoms with Crippen LogP contribution < -0.4 is 0 Å². The summed E-state index contributed by atoms with van der Waals surface area (Å²) in [6.07, 6.45) is 0.998. The quantitative estimate of drug-likeness (QED) is 0.649. The van der Waals surface area contributed by atoms with Gasteiger partial charge >= 0.3 is 0 Å². The fourth-order valence-corrected chi connectivity index (χ4v) is 8.22. The van der Waals surface area contributed by atoms with Crippen LogP contribution in [0.25, 0.3) is 0 Å². The molecule has 0 aromatic carbocycles. The summed E-state index contributed by atoms with van der Waals surface area (Å²) in [5, 5.41) is 22.3. The molecule has 2 bridgehead atoms. The van der Waals surface area contributed by atoms with Gasteiger partial charge in [-0.15, -0.1) is 0 Å². The summed E-state index contributed by atoms with van der Waals surface area (Å²) in [7, 11) is 0. The third-order valence-corrected chi connectivity index (χ3v) is 8.96. The van der Waals surface area contributed by atoms with Crippen molar-refractivity contribution in [2.75, 3.05) is 0 Å². The molecular weight excluding hydrogens is 320 g/mol. The summed E-state index contributed by atoms with van der Waals surface area (Å²) in [4.78, 5) is 13.5. The number of aliphatic hydroxyl groups excluding tert-OH is 2. The van der Waals surface area contributed by atoms with Crippen molar-refractivity contribution < 1.29 is 24.5 Å². The largest absolute Gasteiger partial charge is 0.388 e. The van der Waals surface area contributed by atoms with Gasteiger partial charge in [-0.2, -0.15) is 0 Å². The van der Waals surface area contributed by atoms with Crippen LogP contribution in [0.2, 0.25) is 0 Å². The molecule has 0 amide bonds.